The highest BCUT2D eigenvalue weighted by atomic mass is 32.1. The third-order valence-corrected chi connectivity index (χ3v) is 3.98. The second-order valence-electron chi connectivity index (χ2n) is 4.17. The molecule has 2 heterocycles. The number of aliphatic imine (C=N–C) groups is 1. The Morgan fingerprint density at radius 1 is 1.45 bits per heavy atom. The van der Waals surface area contributed by atoms with E-state index in [1.807, 2.05) is 35.2 Å². The van der Waals surface area contributed by atoms with Crippen molar-refractivity contribution in [2.24, 2.45) is 10.8 Å². The summed E-state index contributed by atoms with van der Waals surface area (Å²) in [6.07, 6.45) is 3.30. The van der Waals surface area contributed by atoms with Crippen LogP contribution in [0.15, 0.2) is 41.0 Å². The molecule has 3 N–H and O–H groups in total. The van der Waals surface area contributed by atoms with E-state index in [0.717, 1.165) is 21.0 Å². The van der Waals surface area contributed by atoms with E-state index in [-0.39, 0.29) is 6.42 Å². The van der Waals surface area contributed by atoms with Gasteiger partial charge in [-0.3, -0.25) is 15.7 Å². The van der Waals surface area contributed by atoms with Crippen LogP contribution in [-0.4, -0.2) is 17.5 Å². The summed E-state index contributed by atoms with van der Waals surface area (Å²) in [4.78, 5) is 10.7. The molecule has 0 saturated heterocycles. The summed E-state index contributed by atoms with van der Waals surface area (Å²) in [5.41, 5.74) is 4.38. The second-order valence-corrected chi connectivity index (χ2v) is 5.17. The number of fused-ring (bicyclic) bond motifs is 1. The van der Waals surface area contributed by atoms with Gasteiger partial charge in [-0.25, -0.2) is 10.4 Å². The van der Waals surface area contributed by atoms with Crippen molar-refractivity contribution in [3.63, 3.8) is 0 Å². The van der Waals surface area contributed by atoms with Crippen LogP contribution in [0.3, 0.4) is 0 Å². The molecule has 3 rings (SSSR count). The van der Waals surface area contributed by atoms with E-state index in [9.17, 15) is 0 Å². The predicted octanol–water partition coefficient (Wildman–Crippen LogP) is 1.73. The molecule has 0 bridgehead atoms. The van der Waals surface area contributed by atoms with E-state index < -0.39 is 6.29 Å². The smallest absolute Gasteiger partial charge is 0.194 e. The summed E-state index contributed by atoms with van der Waals surface area (Å²) >= 11 is 1.55. The lowest BCUT2D eigenvalue weighted by molar-refractivity contribution is 0.537. The molecule has 0 saturated carbocycles. The summed E-state index contributed by atoms with van der Waals surface area (Å²) < 4.78 is 1.09. The van der Waals surface area contributed by atoms with Gasteiger partial charge < -0.3 is 0 Å². The van der Waals surface area contributed by atoms with E-state index in [1.165, 1.54) is 0 Å². The van der Waals surface area contributed by atoms with Crippen LogP contribution in [0.1, 0.15) is 6.42 Å². The largest absolute Gasteiger partial charge is 0.284 e. The van der Waals surface area contributed by atoms with Crippen molar-refractivity contribution in [2.75, 3.05) is 4.90 Å². The van der Waals surface area contributed by atoms with Gasteiger partial charge in [0.15, 0.2) is 11.4 Å². The van der Waals surface area contributed by atoms with Crippen molar-refractivity contribution in [1.29, 1.82) is 5.26 Å². The van der Waals surface area contributed by atoms with Crippen molar-refractivity contribution in [1.82, 2.24) is 10.4 Å². The van der Waals surface area contributed by atoms with E-state index in [0.29, 0.717) is 0 Å². The molecule has 1 aromatic carbocycles. The lowest BCUT2D eigenvalue weighted by atomic mass is 10.2. The highest BCUT2D eigenvalue weighted by molar-refractivity contribution is 7.22. The normalized spacial score (nSPS) is 18.1. The molecule has 0 radical (unpaired) electrons. The van der Waals surface area contributed by atoms with Crippen LogP contribution in [0.25, 0.3) is 10.2 Å². The van der Waals surface area contributed by atoms with Gasteiger partial charge in [-0.05, 0) is 18.2 Å². The fourth-order valence-corrected chi connectivity index (χ4v) is 3.07. The standard InChI is InChI=1S/C13H12N6S/c14-7-5-9-6-8-16-12(18-15)19(9)13-17-10-3-1-2-4-11(10)20-13/h1-4,6,8,12,18H,5,15H2. The number of thiazole rings is 1. The molecule has 0 fully saturated rings. The number of para-hydroxylation sites is 1. The molecular weight excluding hydrogens is 272 g/mol. The number of hydrogen-bond donors (Lipinski definition) is 2. The summed E-state index contributed by atoms with van der Waals surface area (Å²) in [6.45, 7) is 0. The summed E-state index contributed by atoms with van der Waals surface area (Å²) in [6, 6.07) is 10.1. The van der Waals surface area contributed by atoms with E-state index >= 15 is 0 Å². The van der Waals surface area contributed by atoms with Crippen LogP contribution < -0.4 is 16.2 Å². The molecule has 2 aromatic rings. The van der Waals surface area contributed by atoms with Crippen LogP contribution in [-0.2, 0) is 0 Å². The molecule has 1 atom stereocenters. The molecule has 7 heteroatoms. The molecule has 0 aliphatic carbocycles. The highest BCUT2D eigenvalue weighted by Crippen LogP contribution is 2.33. The summed E-state index contributed by atoms with van der Waals surface area (Å²) in [5.74, 6) is 5.54. The van der Waals surface area contributed by atoms with Crippen molar-refractivity contribution < 1.29 is 0 Å². The minimum absolute atomic E-state index is 0.278. The van der Waals surface area contributed by atoms with E-state index in [1.54, 1.807) is 17.6 Å². The van der Waals surface area contributed by atoms with Crippen molar-refractivity contribution in [2.45, 2.75) is 12.7 Å². The molecule has 0 spiro atoms. The van der Waals surface area contributed by atoms with Crippen molar-refractivity contribution in [3.05, 3.63) is 36.0 Å². The molecule has 0 amide bonds. The Labute approximate surface area is 119 Å². The Kier molecular flexibility index (Phi) is 3.43. The van der Waals surface area contributed by atoms with Crippen LogP contribution in [0.2, 0.25) is 0 Å². The lowest BCUT2D eigenvalue weighted by Crippen LogP contribution is -2.48. The van der Waals surface area contributed by atoms with E-state index in [2.05, 4.69) is 21.5 Å². The lowest BCUT2D eigenvalue weighted by Gasteiger charge is -2.31. The molecular formula is C13H12N6S. The minimum atomic E-state index is -0.441. The Morgan fingerprint density at radius 2 is 2.30 bits per heavy atom. The first kappa shape index (κ1) is 12.7. The van der Waals surface area contributed by atoms with Gasteiger partial charge in [0.25, 0.3) is 0 Å². The Hall–Kier alpha value is -2.27. The zero-order valence-corrected chi connectivity index (χ0v) is 11.3. The number of anilines is 1. The fraction of sp³-hybridized carbons (Fsp3) is 0.154. The molecule has 20 heavy (non-hydrogen) atoms. The molecule has 1 aromatic heterocycles. The maximum atomic E-state index is 8.95. The van der Waals surface area contributed by atoms with Gasteiger partial charge in [-0.15, -0.1) is 0 Å². The van der Waals surface area contributed by atoms with Gasteiger partial charge >= 0.3 is 0 Å². The number of nitrogens with one attached hydrogen (secondary N) is 1. The third-order valence-electron chi connectivity index (χ3n) is 2.95. The predicted molar refractivity (Wildman–Crippen MR) is 80.0 cm³/mol. The number of nitriles is 1. The third kappa shape index (κ3) is 2.16. The molecule has 1 aliphatic rings. The monoisotopic (exact) mass is 284 g/mol. The van der Waals surface area contributed by atoms with Gasteiger partial charge in [0.2, 0.25) is 0 Å². The summed E-state index contributed by atoms with van der Waals surface area (Å²) in [7, 11) is 0. The second kappa shape index (κ2) is 5.38. The zero-order chi connectivity index (χ0) is 13.9. The van der Waals surface area contributed by atoms with Crippen LogP contribution >= 0.6 is 11.3 Å². The maximum Gasteiger partial charge on any atom is 0.194 e. The van der Waals surface area contributed by atoms with Crippen molar-refractivity contribution in [3.8, 4) is 6.07 Å². The average Bonchev–Trinajstić information content (AvgIpc) is 2.90. The van der Waals surface area contributed by atoms with Crippen molar-refractivity contribution >= 4 is 32.9 Å². The van der Waals surface area contributed by atoms with Gasteiger partial charge in [-0.2, -0.15) is 5.26 Å². The fourth-order valence-electron chi connectivity index (χ4n) is 2.05. The average molecular weight is 284 g/mol. The first-order valence-corrected chi connectivity index (χ1v) is 6.85. The molecule has 1 aliphatic heterocycles. The quantitative estimate of drug-likeness (QED) is 0.661. The summed E-state index contributed by atoms with van der Waals surface area (Å²) in [5, 5.41) is 9.72. The van der Waals surface area contributed by atoms with Gasteiger partial charge in [0, 0.05) is 11.9 Å². The van der Waals surface area contributed by atoms with Crippen LogP contribution in [0, 0.1) is 11.3 Å². The number of hydrazine groups is 1. The SMILES string of the molecule is N#CCC1=CC=NC(NN)N1c1nc2ccccc2s1. The number of allylic oxidation sites excluding steroid dienone is 2. The number of rotatable bonds is 3. The van der Waals surface area contributed by atoms with Crippen LogP contribution in [0.4, 0.5) is 5.13 Å². The topological polar surface area (TPSA) is 90.3 Å². The first-order valence-electron chi connectivity index (χ1n) is 6.03. The van der Waals surface area contributed by atoms with Crippen LogP contribution in [0.5, 0.6) is 0 Å². The van der Waals surface area contributed by atoms with E-state index in [4.69, 9.17) is 11.1 Å². The molecule has 1 unspecified atom stereocenters. The Morgan fingerprint density at radius 3 is 3.05 bits per heavy atom. The number of nitrogens with zero attached hydrogens (tertiary/aromatic N) is 4. The first-order chi connectivity index (χ1) is 9.83. The zero-order valence-electron chi connectivity index (χ0n) is 10.5. The number of hydrogen-bond acceptors (Lipinski definition) is 7. The van der Waals surface area contributed by atoms with Gasteiger partial charge in [-0.1, -0.05) is 23.5 Å². The Balaban J connectivity index is 2.06. The van der Waals surface area contributed by atoms with Gasteiger partial charge in [0.05, 0.1) is 22.7 Å². The number of nitrogens with two attached hydrogens (primary N) is 1. The number of aromatic nitrogens is 1. The molecule has 6 nitrogen and oxygen atoms in total. The number of benzene rings is 1. The highest BCUT2D eigenvalue weighted by Gasteiger charge is 2.25. The maximum absolute atomic E-state index is 8.95. The minimum Gasteiger partial charge on any atom is -0.284 e. The van der Waals surface area contributed by atoms with Gasteiger partial charge in [0.1, 0.15) is 0 Å². The molecule has 100 valence electrons. The Bertz CT molecular complexity index is 693.